The summed E-state index contributed by atoms with van der Waals surface area (Å²) in [5.41, 5.74) is 2.19. The second-order valence-corrected chi connectivity index (χ2v) is 7.35. The first kappa shape index (κ1) is 24.6. The Labute approximate surface area is 188 Å². The predicted molar refractivity (Wildman–Crippen MR) is 121 cm³/mol. The van der Waals surface area contributed by atoms with Crippen LogP contribution in [0.1, 0.15) is 24.8 Å². The van der Waals surface area contributed by atoms with Crippen molar-refractivity contribution in [1.29, 1.82) is 0 Å². The Balaban J connectivity index is 2.13. The minimum absolute atomic E-state index is 0.000548. The summed E-state index contributed by atoms with van der Waals surface area (Å²) in [7, 11) is 5.08. The maximum absolute atomic E-state index is 13.0. The predicted octanol–water partition coefficient (Wildman–Crippen LogP) is 2.02. The molecule has 0 aliphatic heterocycles. The van der Waals surface area contributed by atoms with Crippen LogP contribution in [0.2, 0.25) is 0 Å². The number of hydrogen-bond acceptors (Lipinski definition) is 5. The van der Waals surface area contributed by atoms with E-state index in [0.29, 0.717) is 30.6 Å². The number of nitrogens with one attached hydrogen (secondary N) is 2. The number of nitrogens with two attached hydrogens (primary N) is 1. The minimum atomic E-state index is -0.726. The van der Waals surface area contributed by atoms with Gasteiger partial charge in [-0.3, -0.25) is 10.1 Å². The van der Waals surface area contributed by atoms with E-state index in [2.05, 4.69) is 10.6 Å². The zero-order valence-corrected chi connectivity index (χ0v) is 18.8. The summed E-state index contributed by atoms with van der Waals surface area (Å²) in [4.78, 5) is 38.9. The Hall–Kier alpha value is -3.65. The van der Waals surface area contributed by atoms with Gasteiger partial charge in [0.1, 0.15) is 12.3 Å². The highest BCUT2D eigenvalue weighted by molar-refractivity contribution is 5.91. The van der Waals surface area contributed by atoms with E-state index in [1.54, 1.807) is 33.3 Å². The Morgan fingerprint density at radius 1 is 0.938 bits per heavy atom. The average molecular weight is 440 g/mol. The molecule has 0 aliphatic carbocycles. The molecule has 4 N–H and O–H groups in total. The van der Waals surface area contributed by atoms with Gasteiger partial charge in [0.2, 0.25) is 5.91 Å². The third kappa shape index (κ3) is 8.23. The first-order valence-corrected chi connectivity index (χ1v) is 10.4. The maximum atomic E-state index is 13.0. The van der Waals surface area contributed by atoms with Crippen molar-refractivity contribution in [1.82, 2.24) is 15.5 Å². The minimum Gasteiger partial charge on any atom is -0.444 e. The van der Waals surface area contributed by atoms with E-state index in [-0.39, 0.29) is 24.1 Å². The smallest absolute Gasteiger partial charge is 0.412 e. The molecule has 0 aliphatic rings. The molecular weight excluding hydrogens is 408 g/mol. The summed E-state index contributed by atoms with van der Waals surface area (Å²) in [5, 5.41) is 7.05. The van der Waals surface area contributed by atoms with E-state index in [1.165, 1.54) is 10.2 Å². The fourth-order valence-corrected chi connectivity index (χ4v) is 2.93. The number of alkyl carbamates (subject to hydrolysis) is 1. The molecule has 2 rings (SSSR count). The van der Waals surface area contributed by atoms with Crippen LogP contribution in [0.15, 0.2) is 72.1 Å². The number of para-hydroxylation sites is 1. The number of ether oxygens (including phenoxy) is 1. The summed E-state index contributed by atoms with van der Waals surface area (Å²) in [6.45, 7) is 0.0861. The molecule has 0 radical (unpaired) electrons. The molecule has 0 atom stereocenters. The van der Waals surface area contributed by atoms with Gasteiger partial charge in [-0.25, -0.2) is 14.9 Å². The van der Waals surface area contributed by atoms with Crippen LogP contribution in [-0.4, -0.2) is 44.0 Å². The number of allylic oxidation sites excluding steroid dienone is 1. The highest BCUT2D eigenvalue weighted by Crippen LogP contribution is 2.10. The fraction of sp³-hybridized carbons (Fsp3) is 0.292. The lowest BCUT2D eigenvalue weighted by Gasteiger charge is -2.15. The number of benzene rings is 2. The molecule has 0 spiro atoms. The van der Waals surface area contributed by atoms with Crippen molar-refractivity contribution in [2.75, 3.05) is 21.1 Å². The molecule has 8 nitrogen and oxygen atoms in total. The molecule has 170 valence electrons. The molecule has 2 aromatic carbocycles. The number of primary amides is 1. The number of amides is 3. The lowest BCUT2D eigenvalue weighted by atomic mass is 10.1. The van der Waals surface area contributed by atoms with Crippen LogP contribution in [-0.2, 0) is 20.9 Å². The SMILES string of the molecule is CN/C(CCCC(=O)N(C)C)=C(/NC(=O)OCc1ccccc1)C(=O)[NH2+]c1ccccc1. The van der Waals surface area contributed by atoms with Crippen LogP contribution in [0.4, 0.5) is 10.5 Å². The third-order valence-corrected chi connectivity index (χ3v) is 4.70. The third-order valence-electron chi connectivity index (χ3n) is 4.70. The van der Waals surface area contributed by atoms with Gasteiger partial charge in [-0.2, -0.15) is 0 Å². The number of carbonyl (C=O) groups is 3. The molecule has 0 heterocycles. The number of rotatable bonds is 10. The van der Waals surface area contributed by atoms with Gasteiger partial charge in [-0.1, -0.05) is 48.5 Å². The van der Waals surface area contributed by atoms with Crippen LogP contribution in [0, 0.1) is 0 Å². The summed E-state index contributed by atoms with van der Waals surface area (Å²) in [6.07, 6.45) is 0.547. The molecule has 3 amide bonds. The van der Waals surface area contributed by atoms with E-state index in [9.17, 15) is 14.4 Å². The van der Waals surface area contributed by atoms with Crippen LogP contribution >= 0.6 is 0 Å². The fourth-order valence-electron chi connectivity index (χ4n) is 2.93. The Morgan fingerprint density at radius 2 is 1.56 bits per heavy atom. The van der Waals surface area contributed by atoms with Crippen LogP contribution in [0.5, 0.6) is 0 Å². The zero-order chi connectivity index (χ0) is 23.3. The van der Waals surface area contributed by atoms with E-state index < -0.39 is 6.09 Å². The Bertz CT molecular complexity index is 928. The van der Waals surface area contributed by atoms with Crippen LogP contribution in [0.25, 0.3) is 0 Å². The highest BCUT2D eigenvalue weighted by atomic mass is 16.5. The molecule has 0 aromatic heterocycles. The normalized spacial score (nSPS) is 11.2. The van der Waals surface area contributed by atoms with Gasteiger partial charge in [0.05, 0.1) is 0 Å². The summed E-state index contributed by atoms with van der Waals surface area (Å²) >= 11 is 0. The van der Waals surface area contributed by atoms with Crippen molar-refractivity contribution in [2.45, 2.75) is 25.9 Å². The largest absolute Gasteiger partial charge is 0.444 e. The molecule has 2 aromatic rings. The zero-order valence-electron chi connectivity index (χ0n) is 18.8. The van der Waals surface area contributed by atoms with Crippen molar-refractivity contribution in [3.05, 3.63) is 77.6 Å². The molecule has 0 unspecified atom stereocenters. The summed E-state index contributed by atoms with van der Waals surface area (Å²) < 4.78 is 5.29. The van der Waals surface area contributed by atoms with Gasteiger partial charge in [0.15, 0.2) is 5.70 Å². The molecular formula is C24H31N4O4+. The quantitative estimate of drug-likeness (QED) is 0.388. The van der Waals surface area contributed by atoms with E-state index in [4.69, 9.17) is 4.74 Å². The average Bonchev–Trinajstić information content (AvgIpc) is 2.80. The van der Waals surface area contributed by atoms with E-state index >= 15 is 0 Å². The van der Waals surface area contributed by atoms with Gasteiger partial charge in [0.25, 0.3) is 0 Å². The standard InChI is InChI=1S/C24H30N4O4/c1-25-20(15-10-16-21(29)28(2)3)22(23(30)26-19-13-8-5-9-14-19)27-24(31)32-17-18-11-6-4-7-12-18/h4-9,11-14,25H,10,15-17H2,1-3H3,(H,26,30)(H,27,31)/p+1/b22-20+. The lowest BCUT2D eigenvalue weighted by molar-refractivity contribution is -0.479. The number of nitrogens with zero attached hydrogens (tertiary/aromatic N) is 1. The van der Waals surface area contributed by atoms with Crippen molar-refractivity contribution < 1.29 is 24.4 Å². The molecule has 0 bridgehead atoms. The van der Waals surface area contributed by atoms with E-state index in [0.717, 1.165) is 5.56 Å². The van der Waals surface area contributed by atoms with E-state index in [1.807, 2.05) is 48.5 Å². The molecule has 0 saturated heterocycles. The van der Waals surface area contributed by atoms with Gasteiger partial charge in [-0.05, 0) is 30.5 Å². The van der Waals surface area contributed by atoms with Crippen molar-refractivity contribution in [2.24, 2.45) is 0 Å². The van der Waals surface area contributed by atoms with Crippen molar-refractivity contribution in [3.8, 4) is 0 Å². The maximum Gasteiger partial charge on any atom is 0.412 e. The Morgan fingerprint density at radius 3 is 2.16 bits per heavy atom. The van der Waals surface area contributed by atoms with Gasteiger partial charge < -0.3 is 15.0 Å². The van der Waals surface area contributed by atoms with Crippen molar-refractivity contribution >= 4 is 23.6 Å². The second kappa shape index (κ2) is 12.9. The molecule has 0 fully saturated rings. The van der Waals surface area contributed by atoms with Gasteiger partial charge >= 0.3 is 12.0 Å². The van der Waals surface area contributed by atoms with Gasteiger partial charge in [-0.15, -0.1) is 0 Å². The van der Waals surface area contributed by atoms with Crippen LogP contribution < -0.4 is 16.0 Å². The summed E-state index contributed by atoms with van der Waals surface area (Å²) in [5.74, 6) is -0.365. The van der Waals surface area contributed by atoms with Crippen molar-refractivity contribution in [3.63, 3.8) is 0 Å². The first-order valence-electron chi connectivity index (χ1n) is 10.4. The number of carbonyl (C=O) groups excluding carboxylic acids is 3. The van der Waals surface area contributed by atoms with Gasteiger partial charge in [0, 0.05) is 33.3 Å². The molecule has 8 heteroatoms. The second-order valence-electron chi connectivity index (χ2n) is 7.35. The lowest BCUT2D eigenvalue weighted by Crippen LogP contribution is -2.83. The first-order chi connectivity index (χ1) is 15.4. The molecule has 32 heavy (non-hydrogen) atoms. The highest BCUT2D eigenvalue weighted by Gasteiger charge is 2.23. The molecule has 0 saturated carbocycles. The Kier molecular flexibility index (Phi) is 9.93. The van der Waals surface area contributed by atoms with Crippen LogP contribution in [0.3, 0.4) is 0 Å². The number of quaternary nitrogens is 1. The number of hydrogen-bond donors (Lipinski definition) is 3. The monoisotopic (exact) mass is 439 g/mol. The summed E-state index contributed by atoms with van der Waals surface area (Å²) in [6, 6.07) is 18.4. The topological polar surface area (TPSA) is 104 Å².